The lowest BCUT2D eigenvalue weighted by molar-refractivity contribution is 0.172. The number of hydrogen-bond donors (Lipinski definition) is 0. The molecule has 1 aromatic rings. The monoisotopic (exact) mass is 236 g/mol. The van der Waals surface area contributed by atoms with E-state index < -0.39 is 0 Å². The molecule has 2 rings (SSSR count). The molecule has 0 saturated carbocycles. The molecule has 1 unspecified atom stereocenters. The molecule has 4 nitrogen and oxygen atoms in total. The van der Waals surface area contributed by atoms with Gasteiger partial charge in [-0.25, -0.2) is 0 Å². The molecule has 1 aliphatic heterocycles. The quantitative estimate of drug-likeness (QED) is 0.805. The molecule has 92 valence electrons. The lowest BCUT2D eigenvalue weighted by Gasteiger charge is -2.17. The van der Waals surface area contributed by atoms with Crippen molar-refractivity contribution in [3.05, 3.63) is 30.0 Å². The predicted molar refractivity (Wildman–Crippen MR) is 63.7 cm³/mol. The zero-order valence-corrected chi connectivity index (χ0v) is 10.2. The molecule has 1 aliphatic rings. The molecule has 1 heterocycles. The molecule has 0 aliphatic carbocycles. The highest BCUT2D eigenvalue weighted by molar-refractivity contribution is 5.54. The van der Waals surface area contributed by atoms with Gasteiger partial charge in [0, 0.05) is 12.0 Å². The van der Waals surface area contributed by atoms with E-state index in [9.17, 15) is 0 Å². The van der Waals surface area contributed by atoms with Crippen molar-refractivity contribution in [2.75, 3.05) is 21.3 Å². The van der Waals surface area contributed by atoms with Gasteiger partial charge in [-0.15, -0.1) is 0 Å². The number of hydrogen-bond acceptors (Lipinski definition) is 4. The van der Waals surface area contributed by atoms with E-state index in [2.05, 4.69) is 0 Å². The Labute approximate surface area is 101 Å². The van der Waals surface area contributed by atoms with Crippen LogP contribution in [0.1, 0.15) is 18.1 Å². The minimum atomic E-state index is 0.0312. The summed E-state index contributed by atoms with van der Waals surface area (Å²) in [6, 6.07) is 3.83. The standard InChI is InChI=1S/C13H16O4/c1-14-11-7-9(10-5-4-6-17-10)8-12(15-2)13(11)16-3/h4,6-8,10H,5H2,1-3H3. The number of methoxy groups -OCH3 is 3. The first kappa shape index (κ1) is 11.6. The van der Waals surface area contributed by atoms with E-state index in [1.165, 1.54) is 0 Å². The summed E-state index contributed by atoms with van der Waals surface area (Å²) < 4.78 is 21.3. The summed E-state index contributed by atoms with van der Waals surface area (Å²) in [6.45, 7) is 0. The lowest BCUT2D eigenvalue weighted by atomic mass is 10.1. The molecule has 1 atom stereocenters. The van der Waals surface area contributed by atoms with Crippen molar-refractivity contribution in [2.24, 2.45) is 0 Å². The first-order valence-corrected chi connectivity index (χ1v) is 5.40. The van der Waals surface area contributed by atoms with E-state index in [0.29, 0.717) is 17.2 Å². The summed E-state index contributed by atoms with van der Waals surface area (Å²) in [5.41, 5.74) is 1.02. The fourth-order valence-corrected chi connectivity index (χ4v) is 1.89. The van der Waals surface area contributed by atoms with Crippen molar-refractivity contribution in [2.45, 2.75) is 12.5 Å². The Morgan fingerprint density at radius 2 is 1.71 bits per heavy atom. The molecule has 0 spiro atoms. The van der Waals surface area contributed by atoms with Crippen LogP contribution in [0.25, 0.3) is 0 Å². The van der Waals surface area contributed by atoms with Crippen LogP contribution < -0.4 is 14.2 Å². The molecular formula is C13H16O4. The Kier molecular flexibility index (Phi) is 3.42. The normalized spacial score (nSPS) is 17.7. The maximum absolute atomic E-state index is 5.48. The average molecular weight is 236 g/mol. The second-order valence-corrected chi connectivity index (χ2v) is 3.69. The largest absolute Gasteiger partial charge is 0.493 e. The third kappa shape index (κ3) is 2.16. The Morgan fingerprint density at radius 3 is 2.12 bits per heavy atom. The molecule has 0 N–H and O–H groups in total. The van der Waals surface area contributed by atoms with Gasteiger partial charge < -0.3 is 18.9 Å². The summed E-state index contributed by atoms with van der Waals surface area (Å²) in [7, 11) is 4.80. The summed E-state index contributed by atoms with van der Waals surface area (Å²) in [4.78, 5) is 0. The van der Waals surface area contributed by atoms with Crippen molar-refractivity contribution < 1.29 is 18.9 Å². The zero-order valence-electron chi connectivity index (χ0n) is 10.2. The van der Waals surface area contributed by atoms with E-state index >= 15 is 0 Å². The van der Waals surface area contributed by atoms with E-state index in [0.717, 1.165) is 12.0 Å². The van der Waals surface area contributed by atoms with Crippen LogP contribution >= 0.6 is 0 Å². The maximum atomic E-state index is 5.48. The highest BCUT2D eigenvalue weighted by atomic mass is 16.5. The third-order valence-corrected chi connectivity index (χ3v) is 2.75. The van der Waals surface area contributed by atoms with E-state index in [1.54, 1.807) is 27.6 Å². The molecular weight excluding hydrogens is 220 g/mol. The van der Waals surface area contributed by atoms with Crippen molar-refractivity contribution in [1.29, 1.82) is 0 Å². The van der Waals surface area contributed by atoms with Crippen LogP contribution in [0.2, 0.25) is 0 Å². The third-order valence-electron chi connectivity index (χ3n) is 2.75. The van der Waals surface area contributed by atoms with Crippen LogP contribution in [0.3, 0.4) is 0 Å². The highest BCUT2D eigenvalue weighted by Crippen LogP contribution is 2.41. The number of benzene rings is 1. The molecule has 4 heteroatoms. The predicted octanol–water partition coefficient (Wildman–Crippen LogP) is 2.69. The smallest absolute Gasteiger partial charge is 0.203 e. The summed E-state index contributed by atoms with van der Waals surface area (Å²) >= 11 is 0. The van der Waals surface area contributed by atoms with Gasteiger partial charge in [0.1, 0.15) is 6.10 Å². The molecule has 1 aromatic carbocycles. The first-order chi connectivity index (χ1) is 8.30. The van der Waals surface area contributed by atoms with Crippen LogP contribution in [0, 0.1) is 0 Å². The second kappa shape index (κ2) is 4.99. The molecule has 0 radical (unpaired) electrons. The summed E-state index contributed by atoms with van der Waals surface area (Å²) in [5.74, 6) is 1.90. The SMILES string of the molecule is COc1cc(C2CC=CO2)cc(OC)c1OC. The minimum Gasteiger partial charge on any atom is -0.493 e. The molecule has 0 fully saturated rings. The highest BCUT2D eigenvalue weighted by Gasteiger charge is 2.20. The van der Waals surface area contributed by atoms with Crippen molar-refractivity contribution in [3.8, 4) is 17.2 Å². The van der Waals surface area contributed by atoms with Crippen molar-refractivity contribution in [1.82, 2.24) is 0 Å². The Morgan fingerprint density at radius 1 is 1.06 bits per heavy atom. The topological polar surface area (TPSA) is 36.9 Å². The first-order valence-electron chi connectivity index (χ1n) is 5.40. The molecule has 0 bridgehead atoms. The molecule has 0 saturated heterocycles. The Bertz CT molecular complexity index is 392. The van der Waals surface area contributed by atoms with Crippen molar-refractivity contribution >= 4 is 0 Å². The fraction of sp³-hybridized carbons (Fsp3) is 0.385. The van der Waals surface area contributed by atoms with Gasteiger partial charge in [-0.2, -0.15) is 0 Å². The summed E-state index contributed by atoms with van der Waals surface area (Å²) in [5, 5.41) is 0. The van der Waals surface area contributed by atoms with Crippen LogP contribution in [-0.2, 0) is 4.74 Å². The van der Waals surface area contributed by atoms with Gasteiger partial charge >= 0.3 is 0 Å². The van der Waals surface area contributed by atoms with Gasteiger partial charge in [0.25, 0.3) is 0 Å². The molecule has 17 heavy (non-hydrogen) atoms. The lowest BCUT2D eigenvalue weighted by Crippen LogP contribution is -2.00. The van der Waals surface area contributed by atoms with E-state index in [4.69, 9.17) is 18.9 Å². The minimum absolute atomic E-state index is 0.0312. The van der Waals surface area contributed by atoms with Gasteiger partial charge in [-0.1, -0.05) is 0 Å². The van der Waals surface area contributed by atoms with Crippen LogP contribution in [0.15, 0.2) is 24.5 Å². The molecule has 0 aromatic heterocycles. The Balaban J connectivity index is 2.40. The Hall–Kier alpha value is -1.84. The van der Waals surface area contributed by atoms with Gasteiger partial charge in [0.2, 0.25) is 5.75 Å². The number of rotatable bonds is 4. The van der Waals surface area contributed by atoms with Gasteiger partial charge in [0.15, 0.2) is 11.5 Å². The van der Waals surface area contributed by atoms with Crippen LogP contribution in [-0.4, -0.2) is 21.3 Å². The fourth-order valence-electron chi connectivity index (χ4n) is 1.89. The van der Waals surface area contributed by atoms with Gasteiger partial charge in [0.05, 0.1) is 27.6 Å². The van der Waals surface area contributed by atoms with E-state index in [-0.39, 0.29) is 6.10 Å². The number of ether oxygens (including phenoxy) is 4. The average Bonchev–Trinajstić information content (AvgIpc) is 2.90. The second-order valence-electron chi connectivity index (χ2n) is 3.69. The van der Waals surface area contributed by atoms with Crippen LogP contribution in [0.4, 0.5) is 0 Å². The van der Waals surface area contributed by atoms with Crippen LogP contribution in [0.5, 0.6) is 17.2 Å². The molecule has 0 amide bonds. The van der Waals surface area contributed by atoms with E-state index in [1.807, 2.05) is 18.2 Å². The van der Waals surface area contributed by atoms with Gasteiger partial charge in [-0.3, -0.25) is 0 Å². The summed E-state index contributed by atoms with van der Waals surface area (Å²) in [6.07, 6.45) is 4.60. The van der Waals surface area contributed by atoms with Crippen molar-refractivity contribution in [3.63, 3.8) is 0 Å². The van der Waals surface area contributed by atoms with Gasteiger partial charge in [-0.05, 0) is 18.2 Å². The maximum Gasteiger partial charge on any atom is 0.203 e. The zero-order chi connectivity index (χ0) is 12.3.